The summed E-state index contributed by atoms with van der Waals surface area (Å²) in [4.78, 5) is 14.0. The average molecular weight is 333 g/mol. The number of sulfone groups is 1. The molecule has 0 saturated carbocycles. The molecule has 3 rings (SSSR count). The van der Waals surface area contributed by atoms with Crippen LogP contribution in [0.3, 0.4) is 0 Å². The number of fused-ring (bicyclic) bond motifs is 1. The SMILES string of the molecule is O=C(CCS(=O)(=O)c1ccc2ccccc2c1)N1CCOCC1. The first-order valence-electron chi connectivity index (χ1n) is 7.63. The molecule has 1 heterocycles. The quantitative estimate of drug-likeness (QED) is 0.857. The van der Waals surface area contributed by atoms with Crippen molar-refractivity contribution in [1.82, 2.24) is 4.90 Å². The Balaban J connectivity index is 1.71. The summed E-state index contributed by atoms with van der Waals surface area (Å²) in [5, 5.41) is 1.88. The van der Waals surface area contributed by atoms with E-state index in [0.717, 1.165) is 10.8 Å². The molecule has 0 N–H and O–H groups in total. The Morgan fingerprint density at radius 1 is 1.04 bits per heavy atom. The molecule has 1 saturated heterocycles. The van der Waals surface area contributed by atoms with Gasteiger partial charge in [0.2, 0.25) is 5.91 Å². The Morgan fingerprint density at radius 3 is 2.48 bits per heavy atom. The first-order chi connectivity index (χ1) is 11.1. The molecule has 0 aromatic heterocycles. The van der Waals surface area contributed by atoms with E-state index >= 15 is 0 Å². The maximum Gasteiger partial charge on any atom is 0.223 e. The summed E-state index contributed by atoms with van der Waals surface area (Å²) in [6, 6.07) is 12.7. The summed E-state index contributed by atoms with van der Waals surface area (Å²) in [6.45, 7) is 2.11. The van der Waals surface area contributed by atoms with Gasteiger partial charge in [0.25, 0.3) is 0 Å². The van der Waals surface area contributed by atoms with Crippen LogP contribution in [-0.2, 0) is 19.4 Å². The van der Waals surface area contributed by atoms with Gasteiger partial charge in [0.15, 0.2) is 9.84 Å². The van der Waals surface area contributed by atoms with E-state index in [0.29, 0.717) is 26.3 Å². The first kappa shape index (κ1) is 16.0. The molecule has 0 radical (unpaired) electrons. The summed E-state index contributed by atoms with van der Waals surface area (Å²) in [7, 11) is -3.46. The van der Waals surface area contributed by atoms with Gasteiger partial charge in [-0.25, -0.2) is 8.42 Å². The van der Waals surface area contributed by atoms with E-state index in [-0.39, 0.29) is 23.0 Å². The summed E-state index contributed by atoms with van der Waals surface area (Å²) in [5.41, 5.74) is 0. The Hall–Kier alpha value is -1.92. The molecule has 0 bridgehead atoms. The van der Waals surface area contributed by atoms with Crippen LogP contribution in [0.1, 0.15) is 6.42 Å². The lowest BCUT2D eigenvalue weighted by Crippen LogP contribution is -2.41. The maximum atomic E-state index is 12.5. The van der Waals surface area contributed by atoms with E-state index in [4.69, 9.17) is 4.74 Å². The molecule has 1 aliphatic rings. The lowest BCUT2D eigenvalue weighted by Gasteiger charge is -2.26. The number of ether oxygens (including phenoxy) is 1. The Labute approximate surface area is 135 Å². The molecule has 0 spiro atoms. The van der Waals surface area contributed by atoms with Crippen LogP contribution in [0.15, 0.2) is 47.4 Å². The lowest BCUT2D eigenvalue weighted by molar-refractivity contribution is -0.134. The topological polar surface area (TPSA) is 63.7 Å². The van der Waals surface area contributed by atoms with Gasteiger partial charge in [0.05, 0.1) is 23.9 Å². The summed E-state index contributed by atoms with van der Waals surface area (Å²) in [5.74, 6) is -0.292. The molecule has 2 aromatic rings. The number of carbonyl (C=O) groups is 1. The molecule has 5 nitrogen and oxygen atoms in total. The van der Waals surface area contributed by atoms with Crippen molar-refractivity contribution >= 4 is 26.5 Å². The van der Waals surface area contributed by atoms with Gasteiger partial charge in [-0.15, -0.1) is 0 Å². The largest absolute Gasteiger partial charge is 0.378 e. The number of morpholine rings is 1. The van der Waals surface area contributed by atoms with Crippen LogP contribution in [-0.4, -0.2) is 51.3 Å². The van der Waals surface area contributed by atoms with Crippen molar-refractivity contribution in [3.8, 4) is 0 Å². The van der Waals surface area contributed by atoms with Crippen LogP contribution in [0.25, 0.3) is 10.8 Å². The van der Waals surface area contributed by atoms with E-state index in [9.17, 15) is 13.2 Å². The number of nitrogens with zero attached hydrogens (tertiary/aromatic N) is 1. The van der Waals surface area contributed by atoms with Gasteiger partial charge in [0, 0.05) is 19.5 Å². The van der Waals surface area contributed by atoms with Crippen molar-refractivity contribution in [2.45, 2.75) is 11.3 Å². The third kappa shape index (κ3) is 3.71. The van der Waals surface area contributed by atoms with Crippen molar-refractivity contribution in [2.75, 3.05) is 32.1 Å². The Bertz CT molecular complexity index is 810. The minimum absolute atomic E-state index is 0.00909. The summed E-state index contributed by atoms with van der Waals surface area (Å²) in [6.07, 6.45) is 0.00909. The standard InChI is InChI=1S/C17H19NO4S/c19-17(18-8-10-22-11-9-18)7-12-23(20,21)16-6-5-14-3-1-2-4-15(14)13-16/h1-6,13H,7-12H2. The third-order valence-electron chi connectivity index (χ3n) is 4.03. The zero-order chi connectivity index (χ0) is 16.3. The third-order valence-corrected chi connectivity index (χ3v) is 5.74. The van der Waals surface area contributed by atoms with Crippen LogP contribution in [0.4, 0.5) is 0 Å². The number of hydrogen-bond donors (Lipinski definition) is 0. The van der Waals surface area contributed by atoms with Crippen molar-refractivity contribution in [1.29, 1.82) is 0 Å². The minimum atomic E-state index is -3.46. The Morgan fingerprint density at radius 2 is 1.74 bits per heavy atom. The van der Waals surface area contributed by atoms with Gasteiger partial charge in [0.1, 0.15) is 0 Å². The second-order valence-corrected chi connectivity index (χ2v) is 7.68. The van der Waals surface area contributed by atoms with Crippen molar-refractivity contribution in [3.05, 3.63) is 42.5 Å². The number of rotatable bonds is 4. The fraction of sp³-hybridized carbons (Fsp3) is 0.353. The zero-order valence-electron chi connectivity index (χ0n) is 12.8. The van der Waals surface area contributed by atoms with Gasteiger partial charge in [-0.05, 0) is 22.9 Å². The molecule has 0 aliphatic carbocycles. The molecular formula is C17H19NO4S. The number of amides is 1. The normalized spacial score (nSPS) is 15.7. The molecule has 0 atom stereocenters. The van der Waals surface area contributed by atoms with Gasteiger partial charge < -0.3 is 9.64 Å². The van der Waals surface area contributed by atoms with E-state index in [2.05, 4.69) is 0 Å². The van der Waals surface area contributed by atoms with Crippen molar-refractivity contribution < 1.29 is 17.9 Å². The molecule has 122 valence electrons. The highest BCUT2D eigenvalue weighted by Gasteiger charge is 2.21. The first-order valence-corrected chi connectivity index (χ1v) is 9.28. The smallest absolute Gasteiger partial charge is 0.223 e. The fourth-order valence-corrected chi connectivity index (χ4v) is 3.93. The summed E-state index contributed by atoms with van der Waals surface area (Å²) >= 11 is 0. The minimum Gasteiger partial charge on any atom is -0.378 e. The fourth-order valence-electron chi connectivity index (χ4n) is 2.67. The van der Waals surface area contributed by atoms with Crippen LogP contribution in [0.5, 0.6) is 0 Å². The molecule has 1 amide bonds. The van der Waals surface area contributed by atoms with E-state index in [1.165, 1.54) is 0 Å². The van der Waals surface area contributed by atoms with Crippen LogP contribution < -0.4 is 0 Å². The van der Waals surface area contributed by atoms with Crippen molar-refractivity contribution in [2.24, 2.45) is 0 Å². The highest BCUT2D eigenvalue weighted by molar-refractivity contribution is 7.91. The van der Waals surface area contributed by atoms with Gasteiger partial charge in [-0.2, -0.15) is 0 Å². The van der Waals surface area contributed by atoms with E-state index in [1.807, 2.05) is 24.3 Å². The highest BCUT2D eigenvalue weighted by Crippen LogP contribution is 2.20. The van der Waals surface area contributed by atoms with Crippen LogP contribution in [0.2, 0.25) is 0 Å². The molecule has 0 unspecified atom stereocenters. The molecule has 6 heteroatoms. The number of benzene rings is 2. The predicted molar refractivity (Wildman–Crippen MR) is 88.0 cm³/mol. The number of hydrogen-bond acceptors (Lipinski definition) is 4. The molecule has 1 aliphatic heterocycles. The molecule has 1 fully saturated rings. The average Bonchev–Trinajstić information content (AvgIpc) is 2.60. The zero-order valence-corrected chi connectivity index (χ0v) is 13.6. The van der Waals surface area contributed by atoms with E-state index < -0.39 is 9.84 Å². The maximum absolute atomic E-state index is 12.5. The van der Waals surface area contributed by atoms with Gasteiger partial charge in [-0.3, -0.25) is 4.79 Å². The molecule has 23 heavy (non-hydrogen) atoms. The lowest BCUT2D eigenvalue weighted by atomic mass is 10.1. The molecule has 2 aromatic carbocycles. The van der Waals surface area contributed by atoms with Gasteiger partial charge in [-0.1, -0.05) is 30.3 Å². The van der Waals surface area contributed by atoms with Crippen LogP contribution >= 0.6 is 0 Å². The second-order valence-electron chi connectivity index (χ2n) is 5.57. The van der Waals surface area contributed by atoms with Crippen LogP contribution in [0, 0.1) is 0 Å². The number of carbonyl (C=O) groups excluding carboxylic acids is 1. The van der Waals surface area contributed by atoms with Crippen molar-refractivity contribution in [3.63, 3.8) is 0 Å². The highest BCUT2D eigenvalue weighted by atomic mass is 32.2. The molecular weight excluding hydrogens is 314 g/mol. The predicted octanol–water partition coefficient (Wildman–Crippen LogP) is 1.86. The monoisotopic (exact) mass is 333 g/mol. The van der Waals surface area contributed by atoms with E-state index in [1.54, 1.807) is 23.1 Å². The Kier molecular flexibility index (Phi) is 4.63. The summed E-state index contributed by atoms with van der Waals surface area (Å²) < 4.78 is 30.1. The van der Waals surface area contributed by atoms with Gasteiger partial charge >= 0.3 is 0 Å². The second kappa shape index (κ2) is 6.68.